The second-order valence-corrected chi connectivity index (χ2v) is 13.8. The molecule has 0 bridgehead atoms. The zero-order valence-electron chi connectivity index (χ0n) is 30.3. The van der Waals surface area contributed by atoms with Crippen molar-refractivity contribution in [2.24, 2.45) is 0 Å². The number of hydrogen-bond acceptors (Lipinski definition) is 5. The van der Waals surface area contributed by atoms with Gasteiger partial charge in [-0.3, -0.25) is 0 Å². The van der Waals surface area contributed by atoms with E-state index in [1.807, 2.05) is 84.9 Å². The molecule has 0 aliphatic heterocycles. The van der Waals surface area contributed by atoms with E-state index in [0.717, 1.165) is 0 Å². The smallest absolute Gasteiger partial charge is 0.309 e. The van der Waals surface area contributed by atoms with Gasteiger partial charge in [-0.1, -0.05) is 97.1 Å². The highest BCUT2D eigenvalue weighted by Crippen LogP contribution is 2.46. The van der Waals surface area contributed by atoms with E-state index in [0.29, 0.717) is 83.1 Å². The van der Waals surface area contributed by atoms with Gasteiger partial charge in [0.25, 0.3) is 0 Å². The molecule has 0 aliphatic carbocycles. The zero-order valence-corrected chi connectivity index (χ0v) is 30.3. The topological polar surface area (TPSA) is 96.1 Å². The molecule has 0 amide bonds. The summed E-state index contributed by atoms with van der Waals surface area (Å²) in [7, 11) is 0. The number of rotatable bonds is 5. The number of halogens is 3. The lowest BCUT2D eigenvalue weighted by Gasteiger charge is -2.23. The Morgan fingerprint density at radius 2 is 0.793 bits per heavy atom. The van der Waals surface area contributed by atoms with Crippen LogP contribution in [-0.4, -0.2) is 24.1 Å². The van der Waals surface area contributed by atoms with E-state index in [-0.39, 0.29) is 17.2 Å². The first kappa shape index (κ1) is 34.4. The molecule has 3 heterocycles. The van der Waals surface area contributed by atoms with Gasteiger partial charge >= 0.3 is 6.18 Å². The number of para-hydroxylation sites is 2. The Kier molecular flexibility index (Phi) is 7.89. The van der Waals surface area contributed by atoms with Crippen LogP contribution in [0.1, 0.15) is 16.7 Å². The van der Waals surface area contributed by atoms with Gasteiger partial charge in [0.1, 0.15) is 5.56 Å². The molecular formula is C48H26F3N7. The van der Waals surface area contributed by atoms with Crippen molar-refractivity contribution < 1.29 is 13.2 Å². The van der Waals surface area contributed by atoms with Gasteiger partial charge in [-0.15, -0.1) is 0 Å². The van der Waals surface area contributed by atoms with Crippen molar-refractivity contribution in [3.05, 3.63) is 174 Å². The maximum Gasteiger partial charge on any atom is 0.420 e. The van der Waals surface area contributed by atoms with E-state index in [9.17, 15) is 10.5 Å². The molecule has 0 saturated heterocycles. The first-order valence-electron chi connectivity index (χ1n) is 18.3. The molecule has 7 nitrogen and oxygen atoms in total. The lowest BCUT2D eigenvalue weighted by atomic mass is 10.0. The van der Waals surface area contributed by atoms with Crippen LogP contribution in [0.5, 0.6) is 0 Å². The molecule has 0 aliphatic rings. The molecule has 0 fully saturated rings. The van der Waals surface area contributed by atoms with Crippen molar-refractivity contribution in [2.45, 2.75) is 6.18 Å². The SMILES string of the molecule is N#Cc1ccc2c(c1)c1ccccc1n2-c1cc(-c2nc(-c3ccccc3)nc(-c3ccccc3)n2)cc(-n2c3ccccc3c3cc(C#N)ccc32)c1C(F)(F)F. The van der Waals surface area contributed by atoms with Crippen LogP contribution in [0.3, 0.4) is 0 Å². The van der Waals surface area contributed by atoms with Crippen LogP contribution in [0.15, 0.2) is 158 Å². The molecule has 0 spiro atoms. The minimum absolute atomic E-state index is 0.154. The summed E-state index contributed by atoms with van der Waals surface area (Å²) in [5.74, 6) is 0.882. The maximum atomic E-state index is 16.3. The van der Waals surface area contributed by atoms with Crippen LogP contribution >= 0.6 is 0 Å². The number of nitrogens with zero attached hydrogens (tertiary/aromatic N) is 7. The fourth-order valence-corrected chi connectivity index (χ4v) is 7.93. The molecule has 274 valence electrons. The minimum atomic E-state index is -4.89. The van der Waals surface area contributed by atoms with Gasteiger partial charge in [0.15, 0.2) is 17.5 Å². The summed E-state index contributed by atoms with van der Waals surface area (Å²) in [4.78, 5) is 14.7. The monoisotopic (exact) mass is 757 g/mol. The van der Waals surface area contributed by atoms with Gasteiger partial charge < -0.3 is 9.13 Å². The summed E-state index contributed by atoms with van der Waals surface area (Å²) < 4.78 is 52.1. The van der Waals surface area contributed by atoms with E-state index in [2.05, 4.69) is 12.1 Å². The van der Waals surface area contributed by atoms with Gasteiger partial charge in [0.2, 0.25) is 0 Å². The molecular weight excluding hydrogens is 732 g/mol. The quantitative estimate of drug-likeness (QED) is 0.174. The van der Waals surface area contributed by atoms with Gasteiger partial charge in [0, 0.05) is 38.2 Å². The Labute approximate surface area is 328 Å². The standard InChI is InChI=1S/C48H26F3N7/c49-48(50,51)44-42(57-38-17-9-7-15-34(38)36-23-29(27-52)19-21-40(36)57)25-33(26-43(44)58-39-18-10-8-16-35(39)37-24-30(28-53)20-22-41(37)58)47-55-45(31-11-3-1-4-12-31)54-46(56-47)32-13-5-2-6-14-32/h1-26H. The predicted molar refractivity (Wildman–Crippen MR) is 219 cm³/mol. The summed E-state index contributed by atoms with van der Waals surface area (Å²) in [5, 5.41) is 22.3. The van der Waals surface area contributed by atoms with Crippen molar-refractivity contribution in [2.75, 3.05) is 0 Å². The Morgan fingerprint density at radius 3 is 1.21 bits per heavy atom. The van der Waals surface area contributed by atoms with E-state index in [1.54, 1.807) is 69.8 Å². The third kappa shape index (κ3) is 5.55. The molecule has 0 unspecified atom stereocenters. The molecule has 0 radical (unpaired) electrons. The van der Waals surface area contributed by atoms with Crippen LogP contribution in [0, 0.1) is 22.7 Å². The predicted octanol–water partition coefficient (Wildman–Crippen LogP) is 11.8. The molecule has 10 rings (SSSR count). The largest absolute Gasteiger partial charge is 0.420 e. The summed E-state index contributed by atoms with van der Waals surface area (Å²) in [6.45, 7) is 0. The van der Waals surface area contributed by atoms with Crippen molar-refractivity contribution in [1.82, 2.24) is 24.1 Å². The van der Waals surface area contributed by atoms with Gasteiger partial charge in [0.05, 0.1) is 56.7 Å². The van der Waals surface area contributed by atoms with Crippen molar-refractivity contribution in [3.63, 3.8) is 0 Å². The molecule has 0 atom stereocenters. The number of nitriles is 2. The van der Waals surface area contributed by atoms with E-state index in [1.165, 1.54) is 12.1 Å². The molecule has 58 heavy (non-hydrogen) atoms. The number of fused-ring (bicyclic) bond motifs is 6. The lowest BCUT2D eigenvalue weighted by Crippen LogP contribution is -2.16. The van der Waals surface area contributed by atoms with Crippen molar-refractivity contribution in [1.29, 1.82) is 10.5 Å². The van der Waals surface area contributed by atoms with E-state index in [4.69, 9.17) is 15.0 Å². The van der Waals surface area contributed by atoms with Gasteiger partial charge in [-0.25, -0.2) is 15.0 Å². The minimum Gasteiger partial charge on any atom is -0.309 e. The summed E-state index contributed by atoms with van der Waals surface area (Å²) in [6.07, 6.45) is -4.89. The number of hydrogen-bond donors (Lipinski definition) is 0. The normalized spacial score (nSPS) is 11.7. The second kappa shape index (κ2) is 13.3. The number of aromatic nitrogens is 5. The highest BCUT2D eigenvalue weighted by Gasteiger charge is 2.40. The maximum absolute atomic E-state index is 16.3. The highest BCUT2D eigenvalue weighted by molar-refractivity contribution is 6.11. The van der Waals surface area contributed by atoms with Crippen molar-refractivity contribution >= 4 is 43.6 Å². The Bertz CT molecular complexity index is 3140. The molecule has 10 aromatic rings. The second-order valence-electron chi connectivity index (χ2n) is 13.8. The third-order valence-electron chi connectivity index (χ3n) is 10.4. The van der Waals surface area contributed by atoms with E-state index < -0.39 is 11.7 Å². The van der Waals surface area contributed by atoms with Crippen LogP contribution in [0.25, 0.3) is 89.2 Å². The number of alkyl halides is 3. The summed E-state index contributed by atoms with van der Waals surface area (Å²) in [5.41, 5.74) is 3.32. The summed E-state index contributed by atoms with van der Waals surface area (Å²) in [6, 6.07) is 50.6. The Balaban J connectivity index is 1.39. The number of benzene rings is 7. The van der Waals surface area contributed by atoms with E-state index >= 15 is 13.2 Å². The van der Waals surface area contributed by atoms with Crippen molar-refractivity contribution in [3.8, 4) is 57.7 Å². The first-order chi connectivity index (χ1) is 28.3. The average molecular weight is 758 g/mol. The summed E-state index contributed by atoms with van der Waals surface area (Å²) >= 11 is 0. The molecule has 10 heteroatoms. The highest BCUT2D eigenvalue weighted by atomic mass is 19.4. The molecule has 0 saturated carbocycles. The van der Waals surface area contributed by atoms with Crippen LogP contribution in [0.2, 0.25) is 0 Å². The van der Waals surface area contributed by atoms with Crippen LogP contribution < -0.4 is 0 Å². The fourth-order valence-electron chi connectivity index (χ4n) is 7.93. The average Bonchev–Trinajstić information content (AvgIpc) is 3.78. The van der Waals surface area contributed by atoms with Crippen LogP contribution in [0.4, 0.5) is 13.2 Å². The van der Waals surface area contributed by atoms with Gasteiger partial charge in [-0.05, 0) is 60.7 Å². The molecule has 0 N–H and O–H groups in total. The molecule has 7 aromatic carbocycles. The van der Waals surface area contributed by atoms with Gasteiger partial charge in [-0.2, -0.15) is 23.7 Å². The Hall–Kier alpha value is -8.08. The first-order valence-corrected chi connectivity index (χ1v) is 18.3. The Morgan fingerprint density at radius 1 is 0.414 bits per heavy atom. The van der Waals surface area contributed by atoms with Crippen LogP contribution in [-0.2, 0) is 6.18 Å². The lowest BCUT2D eigenvalue weighted by molar-refractivity contribution is -0.137. The fraction of sp³-hybridized carbons (Fsp3) is 0.0208. The zero-order chi connectivity index (χ0) is 39.5. The third-order valence-corrected chi connectivity index (χ3v) is 10.4. The molecule has 3 aromatic heterocycles.